The molecule has 0 aromatic carbocycles. The molecule has 0 atom stereocenters. The lowest BCUT2D eigenvalue weighted by molar-refractivity contribution is -0.137. The zero-order chi connectivity index (χ0) is 12.0. The van der Waals surface area contributed by atoms with E-state index in [1.165, 1.54) is 0 Å². The molecule has 0 spiro atoms. The molecule has 1 heterocycles. The van der Waals surface area contributed by atoms with Crippen molar-refractivity contribution in [3.05, 3.63) is 0 Å². The number of carbonyl (C=O) groups is 2. The second kappa shape index (κ2) is 5.84. The van der Waals surface area contributed by atoms with E-state index in [9.17, 15) is 9.59 Å². The first-order valence-corrected chi connectivity index (χ1v) is 5.81. The van der Waals surface area contributed by atoms with E-state index in [1.54, 1.807) is 0 Å². The van der Waals surface area contributed by atoms with Gasteiger partial charge in [-0.1, -0.05) is 6.92 Å². The summed E-state index contributed by atoms with van der Waals surface area (Å²) in [5, 5.41) is 14.5. The average molecular weight is 228 g/mol. The molecule has 0 aliphatic carbocycles. The predicted molar refractivity (Wildman–Crippen MR) is 60.1 cm³/mol. The molecule has 0 radical (unpaired) electrons. The molecule has 0 aromatic heterocycles. The Hall–Kier alpha value is -1.10. The molecule has 0 saturated carbocycles. The maximum Gasteiger partial charge on any atom is 0.305 e. The van der Waals surface area contributed by atoms with E-state index in [0.717, 1.165) is 32.4 Å². The molecule has 0 unspecified atom stereocenters. The van der Waals surface area contributed by atoms with Gasteiger partial charge in [-0.25, -0.2) is 0 Å². The van der Waals surface area contributed by atoms with Gasteiger partial charge >= 0.3 is 5.97 Å². The first kappa shape index (κ1) is 13.0. The van der Waals surface area contributed by atoms with Crippen molar-refractivity contribution in [2.75, 3.05) is 19.6 Å². The van der Waals surface area contributed by atoms with Crippen molar-refractivity contribution < 1.29 is 14.7 Å². The summed E-state index contributed by atoms with van der Waals surface area (Å²) in [6.45, 7) is 3.96. The zero-order valence-electron chi connectivity index (χ0n) is 9.71. The first-order valence-electron chi connectivity index (χ1n) is 5.81. The van der Waals surface area contributed by atoms with Gasteiger partial charge in [-0.15, -0.1) is 0 Å². The molecule has 0 bridgehead atoms. The summed E-state index contributed by atoms with van der Waals surface area (Å²) < 4.78 is 0. The van der Waals surface area contributed by atoms with Gasteiger partial charge in [0.2, 0.25) is 5.91 Å². The van der Waals surface area contributed by atoms with Crippen LogP contribution in [0.25, 0.3) is 0 Å². The van der Waals surface area contributed by atoms with E-state index in [4.69, 9.17) is 5.11 Å². The monoisotopic (exact) mass is 228 g/mol. The smallest absolute Gasteiger partial charge is 0.305 e. The summed E-state index contributed by atoms with van der Waals surface area (Å²) in [7, 11) is 0. The summed E-state index contributed by atoms with van der Waals surface area (Å²) in [6, 6.07) is 0. The Kier molecular flexibility index (Phi) is 4.73. The minimum absolute atomic E-state index is 0.0101. The number of carboxylic acid groups (broad SMARTS) is 1. The first-order chi connectivity index (χ1) is 7.60. The van der Waals surface area contributed by atoms with Gasteiger partial charge in [0.25, 0.3) is 0 Å². The third-order valence-corrected chi connectivity index (χ3v) is 3.34. The number of aliphatic carboxylic acids is 1. The van der Waals surface area contributed by atoms with Crippen LogP contribution in [-0.4, -0.2) is 36.6 Å². The molecule has 1 rings (SSSR count). The molecule has 1 saturated heterocycles. The molecule has 1 fully saturated rings. The summed E-state index contributed by atoms with van der Waals surface area (Å²) >= 11 is 0. The molecule has 3 N–H and O–H groups in total. The van der Waals surface area contributed by atoms with Crippen LogP contribution in [0.2, 0.25) is 0 Å². The van der Waals surface area contributed by atoms with Crippen LogP contribution in [0.5, 0.6) is 0 Å². The Morgan fingerprint density at radius 1 is 1.38 bits per heavy atom. The second-order valence-corrected chi connectivity index (χ2v) is 4.28. The van der Waals surface area contributed by atoms with E-state index in [-0.39, 0.29) is 24.3 Å². The third-order valence-electron chi connectivity index (χ3n) is 3.34. The Balaban J connectivity index is 2.45. The lowest BCUT2D eigenvalue weighted by Gasteiger charge is -2.35. The van der Waals surface area contributed by atoms with E-state index in [2.05, 4.69) is 10.6 Å². The van der Waals surface area contributed by atoms with Crippen LogP contribution in [0, 0.1) is 5.41 Å². The van der Waals surface area contributed by atoms with Gasteiger partial charge < -0.3 is 15.7 Å². The molecule has 5 nitrogen and oxygen atoms in total. The molecule has 1 aliphatic rings. The molecule has 16 heavy (non-hydrogen) atoms. The van der Waals surface area contributed by atoms with E-state index < -0.39 is 5.97 Å². The van der Waals surface area contributed by atoms with Crippen LogP contribution in [-0.2, 0) is 9.59 Å². The van der Waals surface area contributed by atoms with Gasteiger partial charge in [-0.3, -0.25) is 9.59 Å². The van der Waals surface area contributed by atoms with Crippen molar-refractivity contribution in [1.29, 1.82) is 0 Å². The molecule has 5 heteroatoms. The number of hydrogen-bond donors (Lipinski definition) is 3. The molecule has 1 aliphatic heterocycles. The molecule has 1 amide bonds. The number of piperidine rings is 1. The van der Waals surface area contributed by atoms with Crippen molar-refractivity contribution in [1.82, 2.24) is 10.6 Å². The van der Waals surface area contributed by atoms with E-state index >= 15 is 0 Å². The highest BCUT2D eigenvalue weighted by Gasteiger charge is 2.37. The Morgan fingerprint density at radius 3 is 2.50 bits per heavy atom. The van der Waals surface area contributed by atoms with Crippen molar-refractivity contribution in [3.8, 4) is 0 Å². The molecular formula is C11H20N2O3. The standard InChI is InChI=1S/C11H20N2O3/c1-2-11(4-7-12-8-5-11)10(16)13-6-3-9(14)15/h12H,2-8H2,1H3,(H,13,16)(H,14,15). The maximum absolute atomic E-state index is 12.0. The van der Waals surface area contributed by atoms with Crippen LogP contribution in [0.15, 0.2) is 0 Å². The van der Waals surface area contributed by atoms with Crippen molar-refractivity contribution in [3.63, 3.8) is 0 Å². The summed E-state index contributed by atoms with van der Waals surface area (Å²) in [6.07, 6.45) is 2.47. The number of nitrogens with one attached hydrogen (secondary N) is 2. The Labute approximate surface area is 95.6 Å². The minimum Gasteiger partial charge on any atom is -0.481 e. The second-order valence-electron chi connectivity index (χ2n) is 4.28. The fourth-order valence-corrected chi connectivity index (χ4v) is 2.12. The molecular weight excluding hydrogens is 208 g/mol. The highest BCUT2D eigenvalue weighted by atomic mass is 16.4. The number of hydrogen-bond acceptors (Lipinski definition) is 3. The van der Waals surface area contributed by atoms with Crippen molar-refractivity contribution in [2.45, 2.75) is 32.6 Å². The number of carboxylic acids is 1. The van der Waals surface area contributed by atoms with Gasteiger partial charge in [0.05, 0.1) is 11.8 Å². The van der Waals surface area contributed by atoms with Gasteiger partial charge in [0, 0.05) is 6.54 Å². The average Bonchev–Trinajstić information content (AvgIpc) is 2.29. The summed E-state index contributed by atoms with van der Waals surface area (Å²) in [5.41, 5.74) is -0.288. The largest absolute Gasteiger partial charge is 0.481 e. The van der Waals surface area contributed by atoms with Crippen molar-refractivity contribution >= 4 is 11.9 Å². The van der Waals surface area contributed by atoms with Gasteiger partial charge in [-0.05, 0) is 32.4 Å². The minimum atomic E-state index is -0.879. The van der Waals surface area contributed by atoms with Crippen LogP contribution in [0.3, 0.4) is 0 Å². The lowest BCUT2D eigenvalue weighted by atomic mass is 9.76. The van der Waals surface area contributed by atoms with Crippen molar-refractivity contribution in [2.24, 2.45) is 5.41 Å². The number of amides is 1. The highest BCUT2D eigenvalue weighted by molar-refractivity contribution is 5.83. The lowest BCUT2D eigenvalue weighted by Crippen LogP contribution is -2.47. The molecule has 0 aromatic rings. The quantitative estimate of drug-likeness (QED) is 0.634. The third kappa shape index (κ3) is 3.20. The normalized spacial score (nSPS) is 19.1. The van der Waals surface area contributed by atoms with Gasteiger partial charge in [0.1, 0.15) is 0 Å². The fraction of sp³-hybridized carbons (Fsp3) is 0.818. The topological polar surface area (TPSA) is 78.4 Å². The van der Waals surface area contributed by atoms with Gasteiger partial charge in [-0.2, -0.15) is 0 Å². The number of carbonyl (C=O) groups excluding carboxylic acids is 1. The highest BCUT2D eigenvalue weighted by Crippen LogP contribution is 2.32. The van der Waals surface area contributed by atoms with Crippen LogP contribution in [0.4, 0.5) is 0 Å². The Bertz CT molecular complexity index is 260. The maximum atomic E-state index is 12.0. The summed E-state index contributed by atoms with van der Waals surface area (Å²) in [4.78, 5) is 22.3. The van der Waals surface area contributed by atoms with Crippen LogP contribution >= 0.6 is 0 Å². The van der Waals surface area contributed by atoms with E-state index in [0.29, 0.717) is 0 Å². The van der Waals surface area contributed by atoms with Gasteiger partial charge in [0.15, 0.2) is 0 Å². The van der Waals surface area contributed by atoms with Crippen LogP contribution < -0.4 is 10.6 Å². The van der Waals surface area contributed by atoms with Crippen LogP contribution in [0.1, 0.15) is 32.6 Å². The molecule has 92 valence electrons. The zero-order valence-corrected chi connectivity index (χ0v) is 9.71. The fourth-order valence-electron chi connectivity index (χ4n) is 2.12. The van der Waals surface area contributed by atoms with E-state index in [1.807, 2.05) is 6.92 Å². The number of rotatable bonds is 5. The predicted octanol–water partition coefficient (Wildman–Crippen LogP) is 0.357. The summed E-state index contributed by atoms with van der Waals surface area (Å²) in [5.74, 6) is -0.867. The Morgan fingerprint density at radius 2 is 2.00 bits per heavy atom. The SMILES string of the molecule is CCC1(C(=O)NCCC(=O)O)CCNCC1.